The Balaban J connectivity index is 2.38. The Morgan fingerprint density at radius 2 is 2.19 bits per heavy atom. The number of carbonyl (C=O) groups is 1. The van der Waals surface area contributed by atoms with Crippen molar-refractivity contribution in [2.45, 2.75) is 0 Å². The Bertz CT molecular complexity index is 341. The number of rotatable bonds is 6. The van der Waals surface area contributed by atoms with Gasteiger partial charge in [-0.3, -0.25) is 4.79 Å². The van der Waals surface area contributed by atoms with E-state index in [4.69, 9.17) is 14.6 Å². The van der Waals surface area contributed by atoms with Crippen molar-refractivity contribution in [3.63, 3.8) is 0 Å². The van der Waals surface area contributed by atoms with Gasteiger partial charge in [-0.2, -0.15) is 0 Å². The average molecular weight is 225 g/mol. The number of hydrogen-bond acceptors (Lipinski definition) is 4. The van der Waals surface area contributed by atoms with E-state index in [1.807, 2.05) is 0 Å². The minimum absolute atomic E-state index is 0.0762. The summed E-state index contributed by atoms with van der Waals surface area (Å²) < 4.78 is 10.2. The first-order chi connectivity index (χ1) is 7.76. The highest BCUT2D eigenvalue weighted by atomic mass is 16.5. The van der Waals surface area contributed by atoms with Crippen LogP contribution in [0, 0.1) is 0 Å². The van der Waals surface area contributed by atoms with Crippen LogP contribution in [0.5, 0.6) is 11.5 Å². The van der Waals surface area contributed by atoms with Crippen LogP contribution in [0.15, 0.2) is 24.3 Å². The number of aliphatic hydroxyl groups excluding tert-OH is 1. The molecule has 0 bridgehead atoms. The molecular formula is C11H15NO4. The largest absolute Gasteiger partial charge is 0.497 e. The second-order valence-corrected chi connectivity index (χ2v) is 3.04. The molecule has 0 aliphatic rings. The zero-order valence-electron chi connectivity index (χ0n) is 9.10. The van der Waals surface area contributed by atoms with Gasteiger partial charge in [0.15, 0.2) is 6.61 Å². The number of amides is 1. The molecule has 16 heavy (non-hydrogen) atoms. The highest BCUT2D eigenvalue weighted by Crippen LogP contribution is 2.18. The van der Waals surface area contributed by atoms with E-state index in [2.05, 4.69) is 5.32 Å². The van der Waals surface area contributed by atoms with E-state index in [1.165, 1.54) is 0 Å². The highest BCUT2D eigenvalue weighted by Gasteiger charge is 2.02. The lowest BCUT2D eigenvalue weighted by Gasteiger charge is -2.07. The maximum absolute atomic E-state index is 11.2. The van der Waals surface area contributed by atoms with Crippen molar-refractivity contribution < 1.29 is 19.4 Å². The van der Waals surface area contributed by atoms with Crippen LogP contribution < -0.4 is 14.8 Å². The first kappa shape index (κ1) is 12.3. The summed E-state index contributed by atoms with van der Waals surface area (Å²) in [5.74, 6) is 0.976. The van der Waals surface area contributed by atoms with Crippen LogP contribution in [-0.2, 0) is 4.79 Å². The third-order valence-electron chi connectivity index (χ3n) is 1.85. The average Bonchev–Trinajstić information content (AvgIpc) is 2.34. The van der Waals surface area contributed by atoms with Crippen LogP contribution in [-0.4, -0.2) is 37.9 Å². The Hall–Kier alpha value is -1.75. The van der Waals surface area contributed by atoms with Crippen molar-refractivity contribution >= 4 is 5.91 Å². The van der Waals surface area contributed by atoms with E-state index in [-0.39, 0.29) is 25.7 Å². The molecule has 0 atom stereocenters. The lowest BCUT2D eigenvalue weighted by molar-refractivity contribution is -0.123. The zero-order valence-corrected chi connectivity index (χ0v) is 9.10. The number of ether oxygens (including phenoxy) is 2. The predicted molar refractivity (Wildman–Crippen MR) is 58.6 cm³/mol. The molecule has 0 fully saturated rings. The highest BCUT2D eigenvalue weighted by molar-refractivity contribution is 5.77. The van der Waals surface area contributed by atoms with Gasteiger partial charge in [-0.15, -0.1) is 0 Å². The molecule has 0 unspecified atom stereocenters. The van der Waals surface area contributed by atoms with E-state index < -0.39 is 0 Å². The van der Waals surface area contributed by atoms with E-state index in [0.29, 0.717) is 11.5 Å². The number of methoxy groups -OCH3 is 1. The van der Waals surface area contributed by atoms with Crippen LogP contribution in [0.25, 0.3) is 0 Å². The minimum Gasteiger partial charge on any atom is -0.497 e. The summed E-state index contributed by atoms with van der Waals surface area (Å²) in [6.07, 6.45) is 0. The summed E-state index contributed by atoms with van der Waals surface area (Å²) in [6.45, 7) is 0.0817. The van der Waals surface area contributed by atoms with E-state index in [1.54, 1.807) is 31.4 Å². The number of hydrogen-bond donors (Lipinski definition) is 2. The molecule has 0 aliphatic carbocycles. The quantitative estimate of drug-likeness (QED) is 0.725. The SMILES string of the molecule is COc1cccc(OCC(=O)NCCO)c1. The molecule has 5 nitrogen and oxygen atoms in total. The topological polar surface area (TPSA) is 67.8 Å². The van der Waals surface area contributed by atoms with Gasteiger partial charge >= 0.3 is 0 Å². The standard InChI is InChI=1S/C11H15NO4/c1-15-9-3-2-4-10(7-9)16-8-11(14)12-5-6-13/h2-4,7,13H,5-6,8H2,1H3,(H,12,14). The number of benzene rings is 1. The van der Waals surface area contributed by atoms with Crippen LogP contribution in [0.2, 0.25) is 0 Å². The number of nitrogens with one attached hydrogen (secondary N) is 1. The molecule has 0 heterocycles. The molecule has 0 aliphatic heterocycles. The Labute approximate surface area is 94.0 Å². The van der Waals surface area contributed by atoms with Crippen molar-refractivity contribution in [2.24, 2.45) is 0 Å². The van der Waals surface area contributed by atoms with Gasteiger partial charge in [0.2, 0.25) is 0 Å². The van der Waals surface area contributed by atoms with Gasteiger partial charge < -0.3 is 19.9 Å². The molecular weight excluding hydrogens is 210 g/mol. The molecule has 1 aromatic carbocycles. The first-order valence-corrected chi connectivity index (χ1v) is 4.90. The summed E-state index contributed by atoms with van der Waals surface area (Å²) in [6, 6.07) is 7.00. The van der Waals surface area contributed by atoms with Gasteiger partial charge in [-0.1, -0.05) is 6.07 Å². The molecule has 0 radical (unpaired) electrons. The second kappa shape index (κ2) is 6.68. The summed E-state index contributed by atoms with van der Waals surface area (Å²) in [5, 5.41) is 11.0. The Morgan fingerprint density at radius 1 is 1.44 bits per heavy atom. The molecule has 2 N–H and O–H groups in total. The fraction of sp³-hybridized carbons (Fsp3) is 0.364. The smallest absolute Gasteiger partial charge is 0.258 e. The minimum atomic E-state index is -0.267. The molecule has 0 saturated heterocycles. The third kappa shape index (κ3) is 4.18. The van der Waals surface area contributed by atoms with Crippen LogP contribution in [0.4, 0.5) is 0 Å². The van der Waals surface area contributed by atoms with Crippen LogP contribution >= 0.6 is 0 Å². The summed E-state index contributed by atoms with van der Waals surface area (Å²) in [7, 11) is 1.56. The van der Waals surface area contributed by atoms with Crippen molar-refractivity contribution in [3.05, 3.63) is 24.3 Å². The Morgan fingerprint density at radius 3 is 2.88 bits per heavy atom. The molecule has 5 heteroatoms. The third-order valence-corrected chi connectivity index (χ3v) is 1.85. The van der Waals surface area contributed by atoms with Gasteiger partial charge in [-0.25, -0.2) is 0 Å². The van der Waals surface area contributed by atoms with Gasteiger partial charge in [0.1, 0.15) is 11.5 Å². The summed E-state index contributed by atoms with van der Waals surface area (Å²) >= 11 is 0. The van der Waals surface area contributed by atoms with E-state index in [0.717, 1.165) is 0 Å². The van der Waals surface area contributed by atoms with Crippen LogP contribution in [0.3, 0.4) is 0 Å². The lowest BCUT2D eigenvalue weighted by atomic mass is 10.3. The van der Waals surface area contributed by atoms with Crippen molar-refractivity contribution in [1.29, 1.82) is 0 Å². The van der Waals surface area contributed by atoms with Gasteiger partial charge in [0, 0.05) is 12.6 Å². The molecule has 0 saturated carbocycles. The number of aliphatic hydroxyl groups is 1. The van der Waals surface area contributed by atoms with Gasteiger partial charge in [-0.05, 0) is 12.1 Å². The first-order valence-electron chi connectivity index (χ1n) is 4.90. The van der Waals surface area contributed by atoms with Crippen molar-refractivity contribution in [1.82, 2.24) is 5.32 Å². The van der Waals surface area contributed by atoms with Crippen LogP contribution in [0.1, 0.15) is 0 Å². The molecule has 1 aromatic rings. The van der Waals surface area contributed by atoms with E-state index in [9.17, 15) is 4.79 Å². The van der Waals surface area contributed by atoms with Crippen molar-refractivity contribution in [3.8, 4) is 11.5 Å². The zero-order chi connectivity index (χ0) is 11.8. The predicted octanol–water partition coefficient (Wildman–Crippen LogP) is 0.182. The maximum Gasteiger partial charge on any atom is 0.258 e. The number of carbonyl (C=O) groups excluding carboxylic acids is 1. The van der Waals surface area contributed by atoms with Crippen molar-refractivity contribution in [2.75, 3.05) is 26.9 Å². The fourth-order valence-corrected chi connectivity index (χ4v) is 1.09. The lowest BCUT2D eigenvalue weighted by Crippen LogP contribution is -2.31. The van der Waals surface area contributed by atoms with E-state index >= 15 is 0 Å². The molecule has 0 aromatic heterocycles. The molecule has 88 valence electrons. The normalized spacial score (nSPS) is 9.62. The van der Waals surface area contributed by atoms with Gasteiger partial charge in [0.05, 0.1) is 13.7 Å². The fourth-order valence-electron chi connectivity index (χ4n) is 1.09. The van der Waals surface area contributed by atoms with Gasteiger partial charge in [0.25, 0.3) is 5.91 Å². The maximum atomic E-state index is 11.2. The summed E-state index contributed by atoms with van der Waals surface area (Å²) in [4.78, 5) is 11.2. The molecule has 1 amide bonds. The second-order valence-electron chi connectivity index (χ2n) is 3.04. The summed E-state index contributed by atoms with van der Waals surface area (Å²) in [5.41, 5.74) is 0. The Kier molecular flexibility index (Phi) is 5.15. The monoisotopic (exact) mass is 225 g/mol. The molecule has 1 rings (SSSR count). The molecule has 0 spiro atoms.